The van der Waals surface area contributed by atoms with E-state index in [2.05, 4.69) is 29.1 Å². The molecule has 20 heavy (non-hydrogen) atoms. The Balaban J connectivity index is 2.28. The molecule has 2 aromatic rings. The number of H-pyrrole nitrogens is 1. The number of hydrogen-bond acceptors (Lipinski definition) is 2. The van der Waals surface area contributed by atoms with Crippen molar-refractivity contribution in [3.8, 4) is 0 Å². The summed E-state index contributed by atoms with van der Waals surface area (Å²) in [6.45, 7) is 7.96. The number of para-hydroxylation sites is 2. The molecule has 1 unspecified atom stereocenters. The molecule has 0 aliphatic heterocycles. The number of amides is 1. The summed E-state index contributed by atoms with van der Waals surface area (Å²) in [5.74, 6) is 0.978. The maximum Gasteiger partial charge on any atom is 0.244 e. The largest absolute Gasteiger partial charge is 0.342 e. The van der Waals surface area contributed by atoms with Gasteiger partial charge in [-0.3, -0.25) is 4.79 Å². The highest BCUT2D eigenvalue weighted by molar-refractivity contribution is 5.88. The summed E-state index contributed by atoms with van der Waals surface area (Å²) in [4.78, 5) is 19.8. The van der Waals surface area contributed by atoms with Gasteiger partial charge >= 0.3 is 0 Å². The lowest BCUT2D eigenvalue weighted by atomic mass is 10.0. The summed E-state index contributed by atoms with van der Waals surface area (Å²) in [5, 5.41) is 3.02. The van der Waals surface area contributed by atoms with E-state index in [0.29, 0.717) is 0 Å². The van der Waals surface area contributed by atoms with Crippen LogP contribution in [-0.2, 0) is 4.79 Å². The third-order valence-corrected chi connectivity index (χ3v) is 3.09. The van der Waals surface area contributed by atoms with Gasteiger partial charge in [0.1, 0.15) is 5.82 Å². The minimum Gasteiger partial charge on any atom is -0.342 e. The van der Waals surface area contributed by atoms with Gasteiger partial charge in [0.2, 0.25) is 5.91 Å². The predicted octanol–water partition coefficient (Wildman–Crippen LogP) is 3.34. The standard InChI is InChI=1S/C16H21N3O/c1-10(2)9-14(20)19-15(11(3)4)16-17-12-7-5-6-8-13(12)18-16/h5-9,11,15H,1-4H3,(H,17,18)(H,19,20). The number of hydrogen-bond donors (Lipinski definition) is 2. The van der Waals surface area contributed by atoms with Crippen molar-refractivity contribution in [2.45, 2.75) is 33.7 Å². The van der Waals surface area contributed by atoms with E-state index in [1.165, 1.54) is 0 Å². The minimum atomic E-state index is -0.120. The number of carbonyl (C=O) groups is 1. The van der Waals surface area contributed by atoms with E-state index < -0.39 is 0 Å². The molecule has 1 amide bonds. The highest BCUT2D eigenvalue weighted by Crippen LogP contribution is 2.22. The zero-order chi connectivity index (χ0) is 14.7. The zero-order valence-electron chi connectivity index (χ0n) is 12.4. The number of fused-ring (bicyclic) bond motifs is 1. The van der Waals surface area contributed by atoms with Crippen molar-refractivity contribution in [2.75, 3.05) is 0 Å². The zero-order valence-corrected chi connectivity index (χ0v) is 12.4. The number of allylic oxidation sites excluding steroid dienone is 1. The molecule has 1 atom stereocenters. The molecule has 4 nitrogen and oxygen atoms in total. The minimum absolute atomic E-state index is 0.0795. The molecule has 2 rings (SSSR count). The summed E-state index contributed by atoms with van der Waals surface area (Å²) in [6.07, 6.45) is 1.61. The average molecular weight is 271 g/mol. The molecule has 0 bridgehead atoms. The number of benzene rings is 1. The van der Waals surface area contributed by atoms with Gasteiger partial charge in [0.05, 0.1) is 17.1 Å². The van der Waals surface area contributed by atoms with Gasteiger partial charge in [-0.2, -0.15) is 0 Å². The molecule has 0 saturated heterocycles. The first-order valence-electron chi connectivity index (χ1n) is 6.87. The van der Waals surface area contributed by atoms with E-state index in [4.69, 9.17) is 0 Å². The fourth-order valence-electron chi connectivity index (χ4n) is 2.13. The summed E-state index contributed by atoms with van der Waals surface area (Å²) >= 11 is 0. The molecule has 0 radical (unpaired) electrons. The normalized spacial score (nSPS) is 12.4. The Kier molecular flexibility index (Phi) is 4.23. The van der Waals surface area contributed by atoms with Crippen molar-refractivity contribution in [2.24, 2.45) is 5.92 Å². The van der Waals surface area contributed by atoms with Crippen molar-refractivity contribution in [1.82, 2.24) is 15.3 Å². The van der Waals surface area contributed by atoms with Crippen molar-refractivity contribution in [1.29, 1.82) is 0 Å². The smallest absolute Gasteiger partial charge is 0.244 e. The van der Waals surface area contributed by atoms with Gasteiger partial charge in [-0.1, -0.05) is 31.6 Å². The first kappa shape index (κ1) is 14.3. The van der Waals surface area contributed by atoms with Crippen LogP contribution in [0.5, 0.6) is 0 Å². The molecule has 106 valence electrons. The van der Waals surface area contributed by atoms with Crippen LogP contribution >= 0.6 is 0 Å². The lowest BCUT2D eigenvalue weighted by Gasteiger charge is -2.19. The fraction of sp³-hybridized carbons (Fsp3) is 0.375. The second-order valence-electron chi connectivity index (χ2n) is 5.59. The fourth-order valence-corrected chi connectivity index (χ4v) is 2.13. The van der Waals surface area contributed by atoms with Gasteiger partial charge in [0, 0.05) is 6.08 Å². The Morgan fingerprint density at radius 2 is 2.00 bits per heavy atom. The maximum absolute atomic E-state index is 11.9. The molecular weight excluding hydrogens is 250 g/mol. The Bertz CT molecular complexity index is 603. The third-order valence-electron chi connectivity index (χ3n) is 3.09. The summed E-state index contributed by atoms with van der Waals surface area (Å²) in [7, 11) is 0. The highest BCUT2D eigenvalue weighted by Gasteiger charge is 2.20. The number of nitrogens with zero attached hydrogens (tertiary/aromatic N) is 1. The topological polar surface area (TPSA) is 57.8 Å². The average Bonchev–Trinajstić information content (AvgIpc) is 2.77. The second-order valence-corrected chi connectivity index (χ2v) is 5.59. The maximum atomic E-state index is 11.9. The van der Waals surface area contributed by atoms with Crippen molar-refractivity contribution < 1.29 is 4.79 Å². The van der Waals surface area contributed by atoms with E-state index in [-0.39, 0.29) is 17.9 Å². The number of aromatic nitrogens is 2. The first-order chi connectivity index (χ1) is 9.47. The van der Waals surface area contributed by atoms with E-state index in [0.717, 1.165) is 22.4 Å². The van der Waals surface area contributed by atoms with Crippen LogP contribution in [0.25, 0.3) is 11.0 Å². The highest BCUT2D eigenvalue weighted by atomic mass is 16.1. The molecule has 1 aromatic heterocycles. The van der Waals surface area contributed by atoms with Gasteiger partial charge < -0.3 is 10.3 Å². The number of rotatable bonds is 4. The van der Waals surface area contributed by atoms with Crippen molar-refractivity contribution in [3.05, 3.63) is 41.7 Å². The summed E-state index contributed by atoms with van der Waals surface area (Å²) < 4.78 is 0. The molecule has 0 spiro atoms. The Morgan fingerprint density at radius 1 is 1.30 bits per heavy atom. The van der Waals surface area contributed by atoms with Gasteiger partial charge in [0.25, 0.3) is 0 Å². The van der Waals surface area contributed by atoms with Crippen molar-refractivity contribution in [3.63, 3.8) is 0 Å². The molecule has 0 saturated carbocycles. The van der Waals surface area contributed by atoms with Crippen LogP contribution < -0.4 is 5.32 Å². The first-order valence-corrected chi connectivity index (χ1v) is 6.87. The van der Waals surface area contributed by atoms with Gasteiger partial charge in [-0.15, -0.1) is 0 Å². The van der Waals surface area contributed by atoms with E-state index >= 15 is 0 Å². The lowest BCUT2D eigenvalue weighted by Crippen LogP contribution is -2.31. The number of imidazole rings is 1. The molecule has 0 aliphatic carbocycles. The monoisotopic (exact) mass is 271 g/mol. The van der Waals surface area contributed by atoms with Crippen LogP contribution in [-0.4, -0.2) is 15.9 Å². The van der Waals surface area contributed by atoms with Crippen molar-refractivity contribution >= 4 is 16.9 Å². The van der Waals surface area contributed by atoms with E-state index in [1.807, 2.05) is 38.1 Å². The molecule has 1 heterocycles. The Hall–Kier alpha value is -2.10. The van der Waals surface area contributed by atoms with Crippen LogP contribution in [0, 0.1) is 5.92 Å². The van der Waals surface area contributed by atoms with E-state index in [9.17, 15) is 4.79 Å². The second kappa shape index (κ2) is 5.90. The summed E-state index contributed by atoms with van der Waals surface area (Å²) in [6, 6.07) is 7.76. The molecule has 0 aliphatic rings. The quantitative estimate of drug-likeness (QED) is 0.838. The van der Waals surface area contributed by atoms with Crippen LogP contribution in [0.3, 0.4) is 0 Å². The number of nitrogens with one attached hydrogen (secondary N) is 2. The van der Waals surface area contributed by atoms with Gasteiger partial charge in [0.15, 0.2) is 0 Å². The van der Waals surface area contributed by atoms with Crippen LogP contribution in [0.2, 0.25) is 0 Å². The molecule has 4 heteroatoms. The number of aromatic amines is 1. The third kappa shape index (κ3) is 3.26. The Morgan fingerprint density at radius 3 is 2.60 bits per heavy atom. The van der Waals surface area contributed by atoms with Crippen LogP contribution in [0.15, 0.2) is 35.9 Å². The lowest BCUT2D eigenvalue weighted by molar-refractivity contribution is -0.117. The van der Waals surface area contributed by atoms with Gasteiger partial charge in [-0.25, -0.2) is 4.98 Å². The molecule has 2 N–H and O–H groups in total. The molecular formula is C16H21N3O. The molecule has 0 fully saturated rings. The molecule has 1 aromatic carbocycles. The Labute approximate surface area is 119 Å². The SMILES string of the molecule is CC(C)=CC(=O)NC(c1nc2ccccc2[nH]1)C(C)C. The van der Waals surface area contributed by atoms with Gasteiger partial charge in [-0.05, 0) is 31.9 Å². The number of carbonyl (C=O) groups excluding carboxylic acids is 1. The predicted molar refractivity (Wildman–Crippen MR) is 81.2 cm³/mol. The van der Waals surface area contributed by atoms with Crippen LogP contribution in [0.1, 0.15) is 39.6 Å². The van der Waals surface area contributed by atoms with Crippen LogP contribution in [0.4, 0.5) is 0 Å². The summed E-state index contributed by atoms with van der Waals surface area (Å²) in [5.41, 5.74) is 2.89. The van der Waals surface area contributed by atoms with E-state index in [1.54, 1.807) is 6.08 Å².